The molecule has 3 N–H and O–H groups in total. The lowest BCUT2D eigenvalue weighted by molar-refractivity contribution is -0.137. The van der Waals surface area contributed by atoms with Crippen molar-refractivity contribution in [1.82, 2.24) is 0 Å². The monoisotopic (exact) mass is 190 g/mol. The molecule has 0 aliphatic carbocycles. The van der Waals surface area contributed by atoms with Gasteiger partial charge in [0.05, 0.1) is 32.0 Å². The van der Waals surface area contributed by atoms with Gasteiger partial charge in [-0.1, -0.05) is 6.58 Å². The van der Waals surface area contributed by atoms with E-state index in [9.17, 15) is 9.90 Å². The Kier molecular flexibility index (Phi) is 5.29. The van der Waals surface area contributed by atoms with Gasteiger partial charge in [0.25, 0.3) is 0 Å². The molecule has 0 aromatic rings. The smallest absolute Gasteiger partial charge is 0.335 e. The highest BCUT2D eigenvalue weighted by Gasteiger charge is 2.25. The van der Waals surface area contributed by atoms with E-state index in [1.54, 1.807) is 0 Å². The number of aliphatic hydroxyl groups excluding tert-OH is 3. The molecule has 0 bridgehead atoms. The first-order chi connectivity index (χ1) is 6.08. The van der Waals surface area contributed by atoms with Gasteiger partial charge in [-0.15, -0.1) is 0 Å². The van der Waals surface area contributed by atoms with Crippen LogP contribution in [0.1, 0.15) is 0 Å². The maximum atomic E-state index is 10.8. The molecule has 0 fully saturated rings. The zero-order chi connectivity index (χ0) is 10.4. The van der Waals surface area contributed by atoms with E-state index in [1.807, 2.05) is 0 Å². The summed E-state index contributed by atoms with van der Waals surface area (Å²) in [5.41, 5.74) is -0.171. The van der Waals surface area contributed by atoms with Gasteiger partial charge in [-0.3, -0.25) is 0 Å². The van der Waals surface area contributed by atoms with E-state index in [0.717, 1.165) is 7.11 Å². The molecule has 5 heteroatoms. The quantitative estimate of drug-likeness (QED) is 0.369. The van der Waals surface area contributed by atoms with Crippen molar-refractivity contribution in [3.05, 3.63) is 12.2 Å². The van der Waals surface area contributed by atoms with E-state index in [2.05, 4.69) is 11.3 Å². The Balaban J connectivity index is 4.31. The third-order valence-corrected chi connectivity index (χ3v) is 1.72. The van der Waals surface area contributed by atoms with Crippen LogP contribution in [-0.4, -0.2) is 47.7 Å². The van der Waals surface area contributed by atoms with Crippen LogP contribution in [0.3, 0.4) is 0 Å². The highest BCUT2D eigenvalue weighted by Crippen LogP contribution is 2.11. The van der Waals surface area contributed by atoms with Crippen LogP contribution in [0.15, 0.2) is 12.2 Å². The highest BCUT2D eigenvalue weighted by atomic mass is 16.5. The second-order valence-electron chi connectivity index (χ2n) is 2.59. The van der Waals surface area contributed by atoms with Crippen molar-refractivity contribution >= 4 is 5.97 Å². The molecule has 1 atom stereocenters. The predicted molar refractivity (Wildman–Crippen MR) is 44.8 cm³/mol. The van der Waals surface area contributed by atoms with Gasteiger partial charge >= 0.3 is 5.97 Å². The molecule has 0 aromatic heterocycles. The number of esters is 1. The van der Waals surface area contributed by atoms with Crippen LogP contribution in [0.5, 0.6) is 0 Å². The number of carbonyl (C=O) groups is 1. The van der Waals surface area contributed by atoms with Gasteiger partial charge in [0.1, 0.15) is 0 Å². The van der Waals surface area contributed by atoms with Crippen molar-refractivity contribution in [3.63, 3.8) is 0 Å². The standard InChI is InChI=1S/C8H14O5/c1-5(8(12)13-2)7(11)6(3-9)4-10/h6-7,9-11H,1,3-4H2,2H3/t7-/m0/s1. The van der Waals surface area contributed by atoms with Crippen LogP contribution in [0.25, 0.3) is 0 Å². The minimum Gasteiger partial charge on any atom is -0.466 e. The molecule has 13 heavy (non-hydrogen) atoms. The first-order valence-corrected chi connectivity index (χ1v) is 3.75. The van der Waals surface area contributed by atoms with E-state index in [1.165, 1.54) is 0 Å². The van der Waals surface area contributed by atoms with Crippen LogP contribution in [0, 0.1) is 5.92 Å². The minimum absolute atomic E-state index is 0.171. The number of carbonyl (C=O) groups excluding carboxylic acids is 1. The molecule has 0 radical (unpaired) electrons. The lowest BCUT2D eigenvalue weighted by Gasteiger charge is -2.18. The van der Waals surface area contributed by atoms with Crippen LogP contribution < -0.4 is 0 Å². The van der Waals surface area contributed by atoms with Gasteiger partial charge in [0.15, 0.2) is 0 Å². The summed E-state index contributed by atoms with van der Waals surface area (Å²) in [6.07, 6.45) is -1.28. The summed E-state index contributed by atoms with van der Waals surface area (Å²) >= 11 is 0. The Morgan fingerprint density at radius 2 is 1.92 bits per heavy atom. The Hall–Kier alpha value is -0.910. The summed E-state index contributed by atoms with van der Waals surface area (Å²) in [5.74, 6) is -1.55. The van der Waals surface area contributed by atoms with Crippen molar-refractivity contribution < 1.29 is 24.9 Å². The molecular formula is C8H14O5. The normalized spacial score (nSPS) is 12.7. The van der Waals surface area contributed by atoms with E-state index in [-0.39, 0.29) is 5.57 Å². The molecule has 0 aliphatic rings. The minimum atomic E-state index is -1.28. The zero-order valence-electron chi connectivity index (χ0n) is 7.43. The molecule has 76 valence electrons. The van der Waals surface area contributed by atoms with Crippen molar-refractivity contribution in [3.8, 4) is 0 Å². The lowest BCUT2D eigenvalue weighted by Crippen LogP contribution is -2.31. The van der Waals surface area contributed by atoms with Crippen molar-refractivity contribution in [2.75, 3.05) is 20.3 Å². The second-order valence-corrected chi connectivity index (χ2v) is 2.59. The van der Waals surface area contributed by atoms with Gasteiger partial charge in [0.2, 0.25) is 0 Å². The first-order valence-electron chi connectivity index (χ1n) is 3.75. The molecule has 0 heterocycles. The van der Waals surface area contributed by atoms with Crippen molar-refractivity contribution in [2.24, 2.45) is 5.92 Å². The Morgan fingerprint density at radius 3 is 2.23 bits per heavy atom. The van der Waals surface area contributed by atoms with Gasteiger partial charge in [-0.2, -0.15) is 0 Å². The van der Waals surface area contributed by atoms with E-state index < -0.39 is 31.2 Å². The summed E-state index contributed by atoms with van der Waals surface area (Å²) < 4.78 is 4.31. The van der Waals surface area contributed by atoms with Crippen LogP contribution in [0.4, 0.5) is 0 Å². The van der Waals surface area contributed by atoms with Gasteiger partial charge in [-0.25, -0.2) is 4.79 Å². The summed E-state index contributed by atoms with van der Waals surface area (Å²) in [4.78, 5) is 10.8. The average molecular weight is 190 g/mol. The number of methoxy groups -OCH3 is 1. The summed E-state index contributed by atoms with van der Waals surface area (Å²) in [5, 5.41) is 26.7. The molecule has 0 rings (SSSR count). The van der Waals surface area contributed by atoms with E-state index >= 15 is 0 Å². The number of ether oxygens (including phenoxy) is 1. The lowest BCUT2D eigenvalue weighted by atomic mass is 9.98. The fourth-order valence-electron chi connectivity index (χ4n) is 0.794. The van der Waals surface area contributed by atoms with Crippen LogP contribution in [0.2, 0.25) is 0 Å². The fourth-order valence-corrected chi connectivity index (χ4v) is 0.794. The van der Waals surface area contributed by atoms with Gasteiger partial charge in [0, 0.05) is 5.92 Å². The average Bonchev–Trinajstić information content (AvgIpc) is 2.17. The number of hydrogen-bond acceptors (Lipinski definition) is 5. The molecule has 5 nitrogen and oxygen atoms in total. The SMILES string of the molecule is C=C(C(=O)OC)[C@H](O)C(CO)CO. The molecular weight excluding hydrogens is 176 g/mol. The fraction of sp³-hybridized carbons (Fsp3) is 0.625. The first kappa shape index (κ1) is 12.1. The maximum Gasteiger partial charge on any atom is 0.335 e. The molecule has 0 aliphatic heterocycles. The summed E-state index contributed by atoms with van der Waals surface area (Å²) in [6.45, 7) is 2.45. The zero-order valence-corrected chi connectivity index (χ0v) is 7.43. The predicted octanol–water partition coefficient (Wildman–Crippen LogP) is -1.32. The number of hydrogen-bond donors (Lipinski definition) is 3. The third-order valence-electron chi connectivity index (χ3n) is 1.72. The van der Waals surface area contributed by atoms with Crippen molar-refractivity contribution in [1.29, 1.82) is 0 Å². The molecule has 0 aromatic carbocycles. The number of aliphatic hydroxyl groups is 3. The largest absolute Gasteiger partial charge is 0.466 e. The second kappa shape index (κ2) is 5.69. The number of rotatable bonds is 5. The molecule has 0 saturated heterocycles. The molecule has 0 amide bonds. The highest BCUT2D eigenvalue weighted by molar-refractivity contribution is 5.88. The van der Waals surface area contributed by atoms with E-state index in [0.29, 0.717) is 0 Å². The Morgan fingerprint density at radius 1 is 1.46 bits per heavy atom. The molecule has 0 saturated carbocycles. The van der Waals surface area contributed by atoms with E-state index in [4.69, 9.17) is 10.2 Å². The van der Waals surface area contributed by atoms with Crippen molar-refractivity contribution in [2.45, 2.75) is 6.10 Å². The van der Waals surface area contributed by atoms with Crippen LogP contribution >= 0.6 is 0 Å². The third kappa shape index (κ3) is 3.14. The maximum absolute atomic E-state index is 10.8. The molecule has 0 unspecified atom stereocenters. The Labute approximate surface area is 76.3 Å². The molecule has 0 spiro atoms. The summed E-state index contributed by atoms with van der Waals surface area (Å²) in [7, 11) is 1.16. The van der Waals surface area contributed by atoms with Crippen LogP contribution in [-0.2, 0) is 9.53 Å². The van der Waals surface area contributed by atoms with Gasteiger partial charge < -0.3 is 20.1 Å². The van der Waals surface area contributed by atoms with Gasteiger partial charge in [-0.05, 0) is 0 Å². The summed E-state index contributed by atoms with van der Waals surface area (Å²) in [6, 6.07) is 0. The Bertz CT molecular complexity index is 185. The topological polar surface area (TPSA) is 87.0 Å².